The molecule has 0 aliphatic rings. The molecule has 0 saturated carbocycles. The number of rotatable bonds is 3. The first-order chi connectivity index (χ1) is 11.3. The van der Waals surface area contributed by atoms with E-state index in [1.165, 1.54) is 0 Å². The Labute approximate surface area is 138 Å². The monoisotopic (exact) mass is 326 g/mol. The van der Waals surface area contributed by atoms with Gasteiger partial charge in [0.1, 0.15) is 5.75 Å². The minimum absolute atomic E-state index is 0.139. The largest absolute Gasteiger partial charge is 0.507 e. The van der Waals surface area contributed by atoms with Crippen molar-refractivity contribution >= 4 is 34.1 Å². The third-order valence-electron chi connectivity index (χ3n) is 3.28. The third-order valence-corrected chi connectivity index (χ3v) is 3.28. The van der Waals surface area contributed by atoms with Crippen LogP contribution in [-0.2, 0) is 0 Å². The molecule has 0 heterocycles. The van der Waals surface area contributed by atoms with Crippen LogP contribution >= 0.6 is 0 Å². The Hall–Kier alpha value is -3.49. The fraction of sp³-hybridized carbons (Fsp3) is 0.133. The van der Waals surface area contributed by atoms with Crippen molar-refractivity contribution in [2.45, 2.75) is 13.8 Å². The Morgan fingerprint density at radius 3 is 2.42 bits per heavy atom. The number of aromatic hydroxyl groups is 1. The Kier molecular flexibility index (Phi) is 4.73. The van der Waals surface area contributed by atoms with E-state index in [0.717, 1.165) is 5.56 Å². The lowest BCUT2D eigenvalue weighted by molar-refractivity contribution is 0.477. The number of phenols is 1. The van der Waals surface area contributed by atoms with Gasteiger partial charge in [0.2, 0.25) is 11.9 Å². The van der Waals surface area contributed by atoms with Crippen LogP contribution in [0.5, 0.6) is 5.75 Å². The molecule has 2 aromatic carbocycles. The van der Waals surface area contributed by atoms with Crippen molar-refractivity contribution in [2.24, 2.45) is 37.6 Å². The second-order valence-corrected chi connectivity index (χ2v) is 5.12. The van der Waals surface area contributed by atoms with Crippen molar-refractivity contribution < 1.29 is 5.11 Å². The van der Waals surface area contributed by atoms with E-state index in [9.17, 15) is 5.11 Å². The summed E-state index contributed by atoms with van der Waals surface area (Å²) in [5.41, 5.74) is 18.2. The molecule has 2 aromatic rings. The molecule has 9 heteroatoms. The minimum Gasteiger partial charge on any atom is -0.507 e. The standard InChI is InChI=1S/C15H18N8O/c1-7-5-12(21-23-15(18)19)11-6-9(3-4-10(11)13(7)24)8(2)20-22-14(16)17/h3-6,24H,1-2H3,(H3,18,19)(H4,16,17,22)/b20-8+,23-21?. The summed E-state index contributed by atoms with van der Waals surface area (Å²) in [6.45, 7) is 3.50. The van der Waals surface area contributed by atoms with Crippen LogP contribution in [0.15, 0.2) is 44.7 Å². The summed E-state index contributed by atoms with van der Waals surface area (Å²) in [6.07, 6.45) is 0. The maximum atomic E-state index is 10.2. The van der Waals surface area contributed by atoms with Gasteiger partial charge in [-0.1, -0.05) is 6.07 Å². The average molecular weight is 326 g/mol. The smallest absolute Gasteiger partial charge is 0.232 e. The molecule has 0 fully saturated rings. The first kappa shape index (κ1) is 16.9. The highest BCUT2D eigenvalue weighted by Crippen LogP contribution is 2.36. The van der Waals surface area contributed by atoms with E-state index in [4.69, 9.17) is 22.6 Å². The van der Waals surface area contributed by atoms with E-state index < -0.39 is 5.96 Å². The lowest BCUT2D eigenvalue weighted by Gasteiger charge is -2.09. The summed E-state index contributed by atoms with van der Waals surface area (Å²) in [6, 6.07) is 6.98. The maximum absolute atomic E-state index is 10.2. The van der Waals surface area contributed by atoms with Gasteiger partial charge in [0.05, 0.1) is 11.4 Å². The first-order valence-corrected chi connectivity index (χ1v) is 6.95. The zero-order valence-corrected chi connectivity index (χ0v) is 13.3. The molecule has 0 unspecified atom stereocenters. The molecule has 9 nitrogen and oxygen atoms in total. The second kappa shape index (κ2) is 6.73. The minimum atomic E-state index is -0.407. The van der Waals surface area contributed by atoms with Crippen molar-refractivity contribution in [1.29, 1.82) is 5.41 Å². The van der Waals surface area contributed by atoms with Crippen LogP contribution in [-0.4, -0.2) is 22.7 Å². The number of guanidine groups is 2. The normalized spacial score (nSPS) is 11.8. The summed E-state index contributed by atoms with van der Waals surface area (Å²) in [5.74, 6) is -0.396. The molecule has 0 aliphatic heterocycles. The molecular formula is C15H18N8O. The molecule has 0 atom stereocenters. The SMILES string of the molecule is C/C(=N\N=C(N)N)c1ccc2c(O)c(C)cc(N=NC(=N)N)c2c1. The zero-order valence-electron chi connectivity index (χ0n) is 13.3. The van der Waals surface area contributed by atoms with E-state index in [-0.39, 0.29) is 11.7 Å². The molecule has 0 amide bonds. The highest BCUT2D eigenvalue weighted by Gasteiger charge is 2.11. The third kappa shape index (κ3) is 3.64. The summed E-state index contributed by atoms with van der Waals surface area (Å²) >= 11 is 0. The molecule has 0 radical (unpaired) electrons. The number of azo groups is 1. The molecule has 8 N–H and O–H groups in total. The van der Waals surface area contributed by atoms with Crippen molar-refractivity contribution in [3.05, 3.63) is 35.4 Å². The van der Waals surface area contributed by atoms with Crippen molar-refractivity contribution in [1.82, 2.24) is 0 Å². The molecule has 0 spiro atoms. The summed E-state index contributed by atoms with van der Waals surface area (Å²) in [5, 5.41) is 33.7. The van der Waals surface area contributed by atoms with Gasteiger partial charge >= 0.3 is 0 Å². The highest BCUT2D eigenvalue weighted by molar-refractivity contribution is 6.06. The molecule has 0 saturated heterocycles. The Bertz CT molecular complexity index is 894. The Morgan fingerprint density at radius 1 is 1.08 bits per heavy atom. The molecule has 124 valence electrons. The number of aryl methyl sites for hydroxylation is 1. The van der Waals surface area contributed by atoms with Crippen LogP contribution in [0.3, 0.4) is 0 Å². The lowest BCUT2D eigenvalue weighted by Crippen LogP contribution is -2.22. The van der Waals surface area contributed by atoms with Crippen LogP contribution in [0.1, 0.15) is 18.1 Å². The van der Waals surface area contributed by atoms with Gasteiger partial charge in [-0.2, -0.15) is 5.10 Å². The quantitative estimate of drug-likeness (QED) is 0.251. The number of nitrogens with two attached hydrogens (primary N) is 3. The highest BCUT2D eigenvalue weighted by atomic mass is 16.3. The van der Waals surface area contributed by atoms with Gasteiger partial charge in [-0.3, -0.25) is 5.41 Å². The summed E-state index contributed by atoms with van der Waals surface area (Å²) in [7, 11) is 0. The van der Waals surface area contributed by atoms with E-state index in [0.29, 0.717) is 27.7 Å². The van der Waals surface area contributed by atoms with Crippen LogP contribution in [0.2, 0.25) is 0 Å². The van der Waals surface area contributed by atoms with E-state index in [1.807, 2.05) is 0 Å². The Morgan fingerprint density at radius 2 is 1.79 bits per heavy atom. The molecule has 0 aliphatic carbocycles. The zero-order chi connectivity index (χ0) is 17.9. The topological polar surface area (TPSA) is 172 Å². The lowest BCUT2D eigenvalue weighted by atomic mass is 10.00. The van der Waals surface area contributed by atoms with Gasteiger partial charge in [0.15, 0.2) is 0 Å². The number of fused-ring (bicyclic) bond motifs is 1. The van der Waals surface area contributed by atoms with Crippen LogP contribution < -0.4 is 17.2 Å². The second-order valence-electron chi connectivity index (χ2n) is 5.12. The number of nitrogens with one attached hydrogen (secondary N) is 1. The molecular weight excluding hydrogens is 308 g/mol. The average Bonchev–Trinajstić information content (AvgIpc) is 2.54. The fourth-order valence-corrected chi connectivity index (χ4v) is 2.13. The van der Waals surface area contributed by atoms with Gasteiger partial charge in [-0.15, -0.1) is 15.3 Å². The number of hydrogen-bond donors (Lipinski definition) is 5. The van der Waals surface area contributed by atoms with E-state index in [1.54, 1.807) is 38.1 Å². The Balaban J connectivity index is 2.67. The van der Waals surface area contributed by atoms with Crippen LogP contribution in [0, 0.1) is 12.3 Å². The maximum Gasteiger partial charge on any atom is 0.232 e. The predicted octanol–water partition coefficient (Wildman–Crippen LogP) is 1.83. The van der Waals surface area contributed by atoms with Gasteiger partial charge in [0.25, 0.3) is 0 Å². The summed E-state index contributed by atoms with van der Waals surface area (Å²) < 4.78 is 0. The predicted molar refractivity (Wildman–Crippen MR) is 94.8 cm³/mol. The van der Waals surface area contributed by atoms with Gasteiger partial charge in [-0.25, -0.2) is 0 Å². The first-order valence-electron chi connectivity index (χ1n) is 6.95. The van der Waals surface area contributed by atoms with Crippen molar-refractivity contribution in [3.63, 3.8) is 0 Å². The van der Waals surface area contributed by atoms with Gasteiger partial charge in [-0.05, 0) is 43.2 Å². The molecule has 0 bridgehead atoms. The molecule has 0 aromatic heterocycles. The van der Waals surface area contributed by atoms with E-state index in [2.05, 4.69) is 20.4 Å². The number of benzene rings is 2. The summed E-state index contributed by atoms with van der Waals surface area (Å²) in [4.78, 5) is 0. The number of phenolic OH excluding ortho intramolecular Hbond substituents is 1. The molecule has 2 rings (SSSR count). The van der Waals surface area contributed by atoms with Crippen LogP contribution in [0.4, 0.5) is 5.69 Å². The van der Waals surface area contributed by atoms with E-state index >= 15 is 0 Å². The number of hydrogen-bond acceptors (Lipinski definition) is 5. The van der Waals surface area contributed by atoms with Crippen LogP contribution in [0.25, 0.3) is 10.8 Å². The van der Waals surface area contributed by atoms with Gasteiger partial charge in [0, 0.05) is 10.8 Å². The fourth-order valence-electron chi connectivity index (χ4n) is 2.13. The van der Waals surface area contributed by atoms with Gasteiger partial charge < -0.3 is 22.3 Å². The van der Waals surface area contributed by atoms with Crippen molar-refractivity contribution in [2.75, 3.05) is 0 Å². The molecule has 24 heavy (non-hydrogen) atoms. The van der Waals surface area contributed by atoms with Crippen molar-refractivity contribution in [3.8, 4) is 5.75 Å². The number of nitrogens with zero attached hydrogens (tertiary/aromatic N) is 4.